The summed E-state index contributed by atoms with van der Waals surface area (Å²) in [6.45, 7) is 12.9. The number of hydrogen-bond donors (Lipinski definition) is 0. The number of benzene rings is 1. The van der Waals surface area contributed by atoms with Crippen molar-refractivity contribution in [3.63, 3.8) is 0 Å². The van der Waals surface area contributed by atoms with E-state index < -0.39 is 0 Å². The summed E-state index contributed by atoms with van der Waals surface area (Å²) in [6.07, 6.45) is 6.67. The monoisotopic (exact) mass is 273 g/mol. The molecule has 0 aliphatic rings. The molecule has 112 valence electrons. The molecule has 0 bridgehead atoms. The van der Waals surface area contributed by atoms with E-state index in [-0.39, 0.29) is 0 Å². The van der Waals surface area contributed by atoms with E-state index >= 15 is 0 Å². The van der Waals surface area contributed by atoms with Gasteiger partial charge in [-0.2, -0.15) is 0 Å². The van der Waals surface area contributed by atoms with E-state index in [9.17, 15) is 0 Å². The van der Waals surface area contributed by atoms with Crippen LogP contribution < -0.4 is 0 Å². The predicted octanol–water partition coefficient (Wildman–Crippen LogP) is 4.50. The highest BCUT2D eigenvalue weighted by Crippen LogP contribution is 2.13. The summed E-state index contributed by atoms with van der Waals surface area (Å²) in [7, 11) is 2.22. The Balaban J connectivity index is 2.58. The average Bonchev–Trinajstić information content (AvgIpc) is 2.50. The lowest BCUT2D eigenvalue weighted by molar-refractivity contribution is 0.300. The fourth-order valence-corrected chi connectivity index (χ4v) is 2.57. The highest BCUT2D eigenvalue weighted by Gasteiger charge is 2.07. The van der Waals surface area contributed by atoms with E-state index in [2.05, 4.69) is 63.6 Å². The average molecular weight is 273 g/mol. The van der Waals surface area contributed by atoms with E-state index in [1.165, 1.54) is 23.1 Å². The van der Waals surface area contributed by atoms with Crippen molar-refractivity contribution in [2.45, 2.75) is 46.5 Å². The first-order valence-corrected chi connectivity index (χ1v) is 8.05. The largest absolute Gasteiger partial charge is 0.305 e. The van der Waals surface area contributed by atoms with E-state index in [1.54, 1.807) is 0 Å². The van der Waals surface area contributed by atoms with Gasteiger partial charge in [0.15, 0.2) is 0 Å². The van der Waals surface area contributed by atoms with Gasteiger partial charge in [-0.1, -0.05) is 45.0 Å². The second-order valence-electron chi connectivity index (χ2n) is 5.78. The van der Waals surface area contributed by atoms with Gasteiger partial charge in [0.25, 0.3) is 0 Å². The summed E-state index contributed by atoms with van der Waals surface area (Å²) in [5.74, 6) is 0.619. The molecule has 0 aliphatic heterocycles. The predicted molar refractivity (Wildman–Crippen MR) is 90.4 cm³/mol. The topological polar surface area (TPSA) is 3.24 Å². The van der Waals surface area contributed by atoms with Crippen molar-refractivity contribution in [3.05, 3.63) is 47.5 Å². The molecule has 0 aliphatic carbocycles. The van der Waals surface area contributed by atoms with Gasteiger partial charge in [-0.05, 0) is 55.3 Å². The zero-order chi connectivity index (χ0) is 15.0. The molecular formula is C19H31N. The first-order chi connectivity index (χ1) is 9.62. The fourth-order valence-electron chi connectivity index (χ4n) is 2.57. The van der Waals surface area contributed by atoms with Crippen LogP contribution in [-0.4, -0.2) is 25.0 Å². The van der Waals surface area contributed by atoms with Crippen LogP contribution in [0.2, 0.25) is 0 Å². The minimum Gasteiger partial charge on any atom is -0.305 e. The van der Waals surface area contributed by atoms with Crippen molar-refractivity contribution >= 4 is 0 Å². The maximum Gasteiger partial charge on any atom is 0.00412 e. The second-order valence-corrected chi connectivity index (χ2v) is 5.78. The maximum absolute atomic E-state index is 3.92. The Morgan fingerprint density at radius 1 is 1.05 bits per heavy atom. The molecule has 1 atom stereocenters. The van der Waals surface area contributed by atoms with Gasteiger partial charge >= 0.3 is 0 Å². The second kappa shape index (κ2) is 8.97. The van der Waals surface area contributed by atoms with E-state index in [0.29, 0.717) is 5.92 Å². The van der Waals surface area contributed by atoms with E-state index in [4.69, 9.17) is 0 Å². The van der Waals surface area contributed by atoms with Crippen LogP contribution in [0.3, 0.4) is 0 Å². The van der Waals surface area contributed by atoms with E-state index in [0.717, 1.165) is 32.4 Å². The molecule has 1 rings (SSSR count). The third-order valence-electron chi connectivity index (χ3n) is 4.11. The number of hydrogen-bond acceptors (Lipinski definition) is 1. The first-order valence-electron chi connectivity index (χ1n) is 8.05. The third kappa shape index (κ3) is 5.50. The summed E-state index contributed by atoms with van der Waals surface area (Å²) in [5.41, 5.74) is 4.43. The summed E-state index contributed by atoms with van der Waals surface area (Å²) in [6, 6.07) is 7.09. The lowest BCUT2D eigenvalue weighted by Gasteiger charge is -2.21. The van der Waals surface area contributed by atoms with Gasteiger partial charge in [-0.15, -0.1) is 6.58 Å². The van der Waals surface area contributed by atoms with E-state index in [1.807, 2.05) is 0 Å². The maximum atomic E-state index is 3.92. The standard InChI is InChI=1S/C19H31N/c1-6-16(7-2)15-20(5)11-10-19-13-17(8-3)12-18(9-4)14-19/h6,12-14,16H,1,7-11,15H2,2-5H3. The summed E-state index contributed by atoms with van der Waals surface area (Å²) in [4.78, 5) is 2.43. The minimum absolute atomic E-state index is 0.619. The zero-order valence-corrected chi connectivity index (χ0v) is 13.8. The molecule has 1 heteroatoms. The minimum atomic E-state index is 0.619. The van der Waals surface area contributed by atoms with Gasteiger partial charge in [0.05, 0.1) is 0 Å². The van der Waals surface area contributed by atoms with Crippen LogP contribution in [-0.2, 0) is 19.3 Å². The van der Waals surface area contributed by atoms with Crippen LogP contribution in [0.15, 0.2) is 30.9 Å². The van der Waals surface area contributed by atoms with Crippen molar-refractivity contribution in [2.75, 3.05) is 20.1 Å². The number of nitrogens with zero attached hydrogens (tertiary/aromatic N) is 1. The Hall–Kier alpha value is -1.08. The van der Waals surface area contributed by atoms with Crippen molar-refractivity contribution < 1.29 is 0 Å². The van der Waals surface area contributed by atoms with Crippen LogP contribution in [0, 0.1) is 5.92 Å². The van der Waals surface area contributed by atoms with Crippen LogP contribution in [0.5, 0.6) is 0 Å². The molecule has 0 spiro atoms. The lowest BCUT2D eigenvalue weighted by atomic mass is 10.0. The Morgan fingerprint density at radius 2 is 1.60 bits per heavy atom. The molecule has 0 saturated carbocycles. The molecule has 0 amide bonds. The van der Waals surface area contributed by atoms with Crippen molar-refractivity contribution in [1.29, 1.82) is 0 Å². The first kappa shape index (κ1) is 17.0. The summed E-state index contributed by atoms with van der Waals surface area (Å²) in [5, 5.41) is 0. The van der Waals surface area contributed by atoms with Gasteiger partial charge in [0, 0.05) is 13.1 Å². The molecule has 0 heterocycles. The Bertz CT molecular complexity index is 386. The molecule has 1 unspecified atom stereocenters. The third-order valence-corrected chi connectivity index (χ3v) is 4.11. The molecule has 0 radical (unpaired) electrons. The van der Waals surface area contributed by atoms with Crippen molar-refractivity contribution in [1.82, 2.24) is 4.90 Å². The van der Waals surface area contributed by atoms with Gasteiger partial charge in [0.1, 0.15) is 0 Å². The zero-order valence-electron chi connectivity index (χ0n) is 13.8. The highest BCUT2D eigenvalue weighted by molar-refractivity contribution is 5.30. The van der Waals surface area contributed by atoms with Crippen LogP contribution in [0.4, 0.5) is 0 Å². The Labute approximate surface area is 125 Å². The van der Waals surface area contributed by atoms with Crippen LogP contribution in [0.1, 0.15) is 43.9 Å². The molecule has 0 aromatic heterocycles. The van der Waals surface area contributed by atoms with Gasteiger partial charge in [-0.25, -0.2) is 0 Å². The molecule has 0 fully saturated rings. The SMILES string of the molecule is C=CC(CC)CN(C)CCc1cc(CC)cc(CC)c1. The fraction of sp³-hybridized carbons (Fsp3) is 0.579. The smallest absolute Gasteiger partial charge is 0.00412 e. The lowest BCUT2D eigenvalue weighted by Crippen LogP contribution is -2.26. The van der Waals surface area contributed by atoms with Gasteiger partial charge in [0.2, 0.25) is 0 Å². The number of likely N-dealkylation sites (N-methyl/N-ethyl adjacent to an activating group) is 1. The highest BCUT2D eigenvalue weighted by atomic mass is 15.1. The molecule has 1 aromatic rings. The van der Waals surface area contributed by atoms with Gasteiger partial charge in [-0.3, -0.25) is 0 Å². The molecule has 1 nitrogen and oxygen atoms in total. The normalized spacial score (nSPS) is 12.7. The number of aryl methyl sites for hydroxylation is 2. The van der Waals surface area contributed by atoms with Crippen LogP contribution in [0.25, 0.3) is 0 Å². The summed E-state index contributed by atoms with van der Waals surface area (Å²) < 4.78 is 0. The van der Waals surface area contributed by atoms with Gasteiger partial charge < -0.3 is 4.90 Å². The number of rotatable bonds is 9. The summed E-state index contributed by atoms with van der Waals surface area (Å²) >= 11 is 0. The molecule has 0 N–H and O–H groups in total. The van der Waals surface area contributed by atoms with Crippen molar-refractivity contribution in [2.24, 2.45) is 5.92 Å². The molecule has 1 aromatic carbocycles. The Morgan fingerprint density at radius 3 is 2.05 bits per heavy atom. The molecular weight excluding hydrogens is 242 g/mol. The van der Waals surface area contributed by atoms with Crippen molar-refractivity contribution in [3.8, 4) is 0 Å². The van der Waals surface area contributed by atoms with Crippen LogP contribution >= 0.6 is 0 Å². The molecule has 20 heavy (non-hydrogen) atoms. The Kier molecular flexibility index (Phi) is 7.61. The molecule has 0 saturated heterocycles. The quantitative estimate of drug-likeness (QED) is 0.599.